The molecule has 0 radical (unpaired) electrons. The highest BCUT2D eigenvalue weighted by molar-refractivity contribution is 5.96. The largest absolute Gasteiger partial charge is 0.481 e. The van der Waals surface area contributed by atoms with Gasteiger partial charge >= 0.3 is 11.9 Å². The molecular formula is C21H28N6O5. The Hall–Kier alpha value is -3.89. The van der Waals surface area contributed by atoms with Crippen LogP contribution in [0.2, 0.25) is 0 Å². The zero-order valence-corrected chi connectivity index (χ0v) is 17.6. The quantitative estimate of drug-likeness (QED) is 0.258. The van der Waals surface area contributed by atoms with Gasteiger partial charge in [-0.1, -0.05) is 18.6 Å². The van der Waals surface area contributed by atoms with Gasteiger partial charge in [0.2, 0.25) is 5.95 Å². The van der Waals surface area contributed by atoms with Crippen LogP contribution in [0, 0.1) is 0 Å². The van der Waals surface area contributed by atoms with Crippen molar-refractivity contribution in [2.45, 2.75) is 51.0 Å². The lowest BCUT2D eigenvalue weighted by Crippen LogP contribution is -2.41. The van der Waals surface area contributed by atoms with Crippen molar-refractivity contribution >= 4 is 35.4 Å². The summed E-state index contributed by atoms with van der Waals surface area (Å²) in [5.74, 6) is -2.29. The smallest absolute Gasteiger partial charge is 0.326 e. The summed E-state index contributed by atoms with van der Waals surface area (Å²) in [6.07, 6.45) is 3.63. The minimum Gasteiger partial charge on any atom is -0.481 e. The van der Waals surface area contributed by atoms with Gasteiger partial charge in [0.1, 0.15) is 17.7 Å². The number of aromatic nitrogens is 2. The molecule has 2 rings (SSSR count). The fourth-order valence-corrected chi connectivity index (χ4v) is 3.19. The van der Waals surface area contributed by atoms with E-state index in [2.05, 4.69) is 15.3 Å². The molecule has 2 aromatic rings. The number of amides is 1. The van der Waals surface area contributed by atoms with Crippen molar-refractivity contribution in [2.75, 3.05) is 17.2 Å². The molecule has 1 heterocycles. The van der Waals surface area contributed by atoms with E-state index < -0.39 is 23.9 Å². The molecule has 1 aromatic heterocycles. The van der Waals surface area contributed by atoms with Crippen LogP contribution >= 0.6 is 0 Å². The van der Waals surface area contributed by atoms with Crippen LogP contribution in [-0.4, -0.2) is 44.1 Å². The topological polar surface area (TPSA) is 208 Å². The third-order valence-electron chi connectivity index (χ3n) is 4.95. The van der Waals surface area contributed by atoms with Crippen LogP contribution in [0.5, 0.6) is 0 Å². The van der Waals surface area contributed by atoms with E-state index in [-0.39, 0.29) is 18.8 Å². The van der Waals surface area contributed by atoms with Crippen molar-refractivity contribution < 1.29 is 24.6 Å². The Bertz CT molecular complexity index is 941. The molecule has 1 amide bonds. The number of benzene rings is 1. The van der Waals surface area contributed by atoms with Gasteiger partial charge in [-0.15, -0.1) is 0 Å². The molecule has 0 bridgehead atoms. The van der Waals surface area contributed by atoms with Gasteiger partial charge in [0.15, 0.2) is 0 Å². The van der Waals surface area contributed by atoms with E-state index in [0.717, 1.165) is 31.2 Å². The summed E-state index contributed by atoms with van der Waals surface area (Å²) in [6, 6.07) is 5.60. The van der Waals surface area contributed by atoms with Crippen molar-refractivity contribution in [3.8, 4) is 0 Å². The van der Waals surface area contributed by atoms with E-state index in [1.807, 2.05) is 12.1 Å². The van der Waals surface area contributed by atoms with Gasteiger partial charge in [-0.3, -0.25) is 9.59 Å². The lowest BCUT2D eigenvalue weighted by atomic mass is 10.0. The van der Waals surface area contributed by atoms with Crippen LogP contribution < -0.4 is 22.5 Å². The fraction of sp³-hybridized carbons (Fsp3) is 0.381. The number of anilines is 3. The molecule has 9 N–H and O–H groups in total. The summed E-state index contributed by atoms with van der Waals surface area (Å²) in [5, 5.41) is 20.2. The molecular weight excluding hydrogens is 416 g/mol. The van der Waals surface area contributed by atoms with E-state index in [4.69, 9.17) is 27.4 Å². The molecule has 0 aliphatic rings. The summed E-state index contributed by atoms with van der Waals surface area (Å²) < 4.78 is 0. The second-order valence-electron chi connectivity index (χ2n) is 7.39. The maximum Gasteiger partial charge on any atom is 0.326 e. The Labute approximate surface area is 185 Å². The Morgan fingerprint density at radius 3 is 2.06 bits per heavy atom. The van der Waals surface area contributed by atoms with Gasteiger partial charge in [-0.25, -0.2) is 4.79 Å². The Morgan fingerprint density at radius 2 is 1.50 bits per heavy atom. The molecule has 1 aromatic carbocycles. The van der Waals surface area contributed by atoms with Gasteiger partial charge < -0.3 is 32.7 Å². The van der Waals surface area contributed by atoms with Gasteiger partial charge in [0, 0.05) is 17.5 Å². The third kappa shape index (κ3) is 7.42. The zero-order chi connectivity index (χ0) is 23.7. The molecule has 32 heavy (non-hydrogen) atoms. The molecule has 1 atom stereocenters. The van der Waals surface area contributed by atoms with Crippen molar-refractivity contribution in [2.24, 2.45) is 0 Å². The zero-order valence-electron chi connectivity index (χ0n) is 17.6. The highest BCUT2D eigenvalue weighted by Gasteiger charge is 2.21. The first-order valence-electron chi connectivity index (χ1n) is 10.2. The molecule has 0 saturated heterocycles. The molecule has 0 aliphatic heterocycles. The van der Waals surface area contributed by atoms with E-state index in [9.17, 15) is 14.4 Å². The first kappa shape index (κ1) is 24.4. The molecule has 0 spiro atoms. The molecule has 0 saturated carbocycles. The van der Waals surface area contributed by atoms with Crippen LogP contribution in [0.3, 0.4) is 0 Å². The second kappa shape index (κ2) is 11.5. The number of carboxylic acids is 2. The number of carbonyl (C=O) groups is 3. The van der Waals surface area contributed by atoms with E-state index >= 15 is 0 Å². The molecule has 0 fully saturated rings. The minimum absolute atomic E-state index is 0.0552. The average Bonchev–Trinajstić information content (AvgIpc) is 2.72. The summed E-state index contributed by atoms with van der Waals surface area (Å²) >= 11 is 0. The number of nitrogens with zero attached hydrogens (tertiary/aromatic N) is 2. The molecule has 0 unspecified atom stereocenters. The monoisotopic (exact) mass is 444 g/mol. The predicted molar refractivity (Wildman–Crippen MR) is 119 cm³/mol. The van der Waals surface area contributed by atoms with E-state index in [0.29, 0.717) is 29.2 Å². The molecule has 11 heteroatoms. The van der Waals surface area contributed by atoms with Gasteiger partial charge in [-0.2, -0.15) is 9.97 Å². The molecule has 0 aliphatic carbocycles. The highest BCUT2D eigenvalue weighted by atomic mass is 16.4. The lowest BCUT2D eigenvalue weighted by Gasteiger charge is -2.13. The Kier molecular flexibility index (Phi) is 8.75. The average molecular weight is 444 g/mol. The SMILES string of the molecule is Nc1nc(N)c(CCCCCc2ccc(C(=O)N[C@@H](CCC(=O)O)C(=O)O)cc2)c(N)n1. The summed E-state index contributed by atoms with van der Waals surface area (Å²) in [6.45, 7) is 0. The van der Waals surface area contributed by atoms with Crippen molar-refractivity contribution in [3.63, 3.8) is 0 Å². The normalized spacial score (nSPS) is 11.6. The number of rotatable bonds is 12. The van der Waals surface area contributed by atoms with Crippen molar-refractivity contribution in [1.29, 1.82) is 0 Å². The first-order chi connectivity index (χ1) is 15.2. The first-order valence-corrected chi connectivity index (χ1v) is 10.2. The lowest BCUT2D eigenvalue weighted by molar-refractivity contribution is -0.140. The predicted octanol–water partition coefficient (Wildman–Crippen LogP) is 1.23. The van der Waals surface area contributed by atoms with Crippen LogP contribution in [0.25, 0.3) is 0 Å². The Balaban J connectivity index is 1.79. The number of unbranched alkanes of at least 4 members (excludes halogenated alkanes) is 2. The molecule has 172 valence electrons. The van der Waals surface area contributed by atoms with Crippen molar-refractivity contribution in [1.82, 2.24) is 15.3 Å². The summed E-state index contributed by atoms with van der Waals surface area (Å²) in [7, 11) is 0. The number of carboxylic acid groups (broad SMARTS) is 2. The number of aryl methyl sites for hydroxylation is 1. The van der Waals surface area contributed by atoms with Crippen LogP contribution in [0.4, 0.5) is 17.6 Å². The van der Waals surface area contributed by atoms with E-state index in [1.165, 1.54) is 0 Å². The summed E-state index contributed by atoms with van der Waals surface area (Å²) in [4.78, 5) is 42.0. The number of nitrogens with two attached hydrogens (primary N) is 3. The van der Waals surface area contributed by atoms with Gasteiger partial charge in [0.25, 0.3) is 5.91 Å². The maximum absolute atomic E-state index is 12.3. The number of nitrogen functional groups attached to an aromatic ring is 3. The van der Waals surface area contributed by atoms with Gasteiger partial charge in [-0.05, 0) is 49.8 Å². The third-order valence-corrected chi connectivity index (χ3v) is 4.95. The van der Waals surface area contributed by atoms with Crippen molar-refractivity contribution in [3.05, 3.63) is 41.0 Å². The molecule has 11 nitrogen and oxygen atoms in total. The number of hydrogen-bond acceptors (Lipinski definition) is 8. The minimum atomic E-state index is -1.27. The number of nitrogens with one attached hydrogen (secondary N) is 1. The number of hydrogen-bond donors (Lipinski definition) is 6. The van der Waals surface area contributed by atoms with Gasteiger partial charge in [0.05, 0.1) is 0 Å². The second-order valence-corrected chi connectivity index (χ2v) is 7.39. The fourth-order valence-electron chi connectivity index (χ4n) is 3.19. The van der Waals surface area contributed by atoms with Crippen LogP contribution in [0.1, 0.15) is 53.6 Å². The number of carbonyl (C=O) groups excluding carboxylic acids is 1. The van der Waals surface area contributed by atoms with E-state index in [1.54, 1.807) is 12.1 Å². The summed E-state index contributed by atoms with van der Waals surface area (Å²) in [5.41, 5.74) is 19.2. The van der Waals surface area contributed by atoms with Crippen LogP contribution in [0.15, 0.2) is 24.3 Å². The highest BCUT2D eigenvalue weighted by Crippen LogP contribution is 2.20. The standard InChI is InChI=1S/C21H28N6O5/c22-17-14(18(23)27-21(24)26-17)5-3-1-2-4-12-6-8-13(9-7-12)19(30)25-15(20(31)32)10-11-16(28)29/h6-9,15H,1-5,10-11H2,(H,25,30)(H,28,29)(H,31,32)(H6,22,23,24,26,27)/t15-/m0/s1. The Morgan fingerprint density at radius 1 is 0.906 bits per heavy atom. The maximum atomic E-state index is 12.3. The van der Waals surface area contributed by atoms with Crippen LogP contribution in [-0.2, 0) is 22.4 Å². The number of aliphatic carboxylic acids is 2.